The maximum absolute atomic E-state index is 14.2. The van der Waals surface area contributed by atoms with E-state index in [9.17, 15) is 67.1 Å². The zero-order valence-corrected chi connectivity index (χ0v) is 61.6. The Kier molecular flexibility index (Phi) is 23.7. The van der Waals surface area contributed by atoms with Crippen LogP contribution in [-0.2, 0) is 62.3 Å². The minimum atomic E-state index is -1.23. The number of halogens is 1. The maximum Gasteiger partial charge on any atom is 0.534 e. The topological polar surface area (TPSA) is 391 Å². The number of ketones is 4. The molecule has 6 aliphatic carbocycles. The number of hydroxylamine groups is 2. The zero-order chi connectivity index (χ0) is 74.6. The molecule has 3 saturated heterocycles. The van der Waals surface area contributed by atoms with Gasteiger partial charge in [-0.2, -0.15) is 0 Å². The lowest BCUT2D eigenvalue weighted by molar-refractivity contribution is -0.181. The van der Waals surface area contributed by atoms with E-state index in [1.807, 2.05) is 46.8 Å². The Morgan fingerprint density at radius 1 is 0.559 bits per heavy atom. The van der Waals surface area contributed by atoms with Gasteiger partial charge >= 0.3 is 12.2 Å². The predicted octanol–water partition coefficient (Wildman–Crippen LogP) is 6.23. The molecular weight excluding hydrogens is 1330 g/mol. The number of hydrogen-bond donors (Lipinski definition) is 6. The molecule has 9 aliphatic rings. The molecule has 8 fully saturated rings. The first-order valence-electron chi connectivity index (χ1n) is 35.3. The van der Waals surface area contributed by atoms with Crippen molar-refractivity contribution < 1.29 is 81.4 Å². The van der Waals surface area contributed by atoms with Crippen LogP contribution >= 0.6 is 12.4 Å². The molecule has 5 saturated carbocycles. The largest absolute Gasteiger partial charge is 0.534 e. The average molecular weight is 1440 g/mol. The molecule has 2 aromatic rings. The van der Waals surface area contributed by atoms with Crippen LogP contribution in [0.2, 0.25) is 0 Å². The lowest BCUT2D eigenvalue weighted by atomic mass is 9.85. The monoisotopic (exact) mass is 1440 g/mol. The number of hydrogen-bond acceptors (Lipinski definition) is 18. The summed E-state index contributed by atoms with van der Waals surface area (Å²) in [5.41, 5.74) is 16.0. The van der Waals surface area contributed by atoms with Gasteiger partial charge in [0.15, 0.2) is 12.2 Å². The summed E-state index contributed by atoms with van der Waals surface area (Å²) in [6.45, 7) is 27.1. The van der Waals surface area contributed by atoms with Crippen molar-refractivity contribution in [2.24, 2.45) is 110 Å². The number of primary amides is 2. The van der Waals surface area contributed by atoms with Crippen LogP contribution in [-0.4, -0.2) is 159 Å². The molecule has 16 atom stereocenters. The second-order valence-corrected chi connectivity index (χ2v) is 33.1. The molecule has 3 heterocycles. The summed E-state index contributed by atoms with van der Waals surface area (Å²) in [5, 5.41) is 8.70. The minimum absolute atomic E-state index is 0. The molecule has 9 N–H and O–H groups in total. The summed E-state index contributed by atoms with van der Waals surface area (Å²) in [4.78, 5) is 187. The molecule has 2 aromatic carbocycles. The first kappa shape index (κ1) is 79.3. The van der Waals surface area contributed by atoms with Crippen molar-refractivity contribution in [2.75, 3.05) is 13.1 Å². The molecule has 0 radical (unpaired) electrons. The van der Waals surface area contributed by atoms with Gasteiger partial charge < -0.3 is 52.4 Å². The standard InChI is InChI=1S/C33H46N4O7.C21H34N4O4.C21H21NO6.ClH/c1-17(2)26(24(38)19-11-9-8-10-12-19)44-31(43)36-27(32(3,4)5)30(42)37-16-20-22(33(20,6)7)23(37)29(41)35-21(15-18-13-14-18)25(39)28(34)40;1-20(2,3)16(22)19(29)25-9-11-13(21(11,4)5)14(25)18(28)24-12(8-10-6-7-10)15(26)17(23)27;1-11(2)18(17(23)12-6-4-3-5-7-12)27-21(26)28-22-19(24)15-13-8-9-14(10-13)16(15)20(22)25;/h8-12,17-18,20-23,26-27H,13-16H2,1-7H3,(H2,34,40)(H,35,41)(H,36,43);10-14,16H,6-9,22H2,1-5H3,(H2,23,27)(H,24,28);3-9,11,13-16,18H,10H2,1-2H3;1H/t20-,21?,22-,23-,26-,27+;11-,12?,13-,14-,16+;13?,14?,15?,16?,18-;/m000./s1. The Hall–Kier alpha value is -8.39. The molecule has 9 amide bonds. The molecule has 0 spiro atoms. The van der Waals surface area contributed by atoms with Crippen molar-refractivity contribution in [3.63, 3.8) is 0 Å². The highest BCUT2D eigenvalue weighted by Crippen LogP contribution is 2.66. The summed E-state index contributed by atoms with van der Waals surface area (Å²) in [6.07, 6.45) is 4.89. The summed E-state index contributed by atoms with van der Waals surface area (Å²) in [7, 11) is 0. The van der Waals surface area contributed by atoms with Gasteiger partial charge in [0.05, 0.1) is 30.0 Å². The van der Waals surface area contributed by atoms with E-state index in [4.69, 9.17) is 31.5 Å². The lowest BCUT2D eigenvalue weighted by Gasteiger charge is -2.38. The maximum atomic E-state index is 14.2. The van der Waals surface area contributed by atoms with Crippen molar-refractivity contribution in [3.8, 4) is 0 Å². The number of nitrogens with two attached hydrogens (primary N) is 3. The fourth-order valence-corrected chi connectivity index (χ4v) is 15.6. The van der Waals surface area contributed by atoms with Crippen LogP contribution < -0.4 is 33.2 Å². The molecular formula is C75H102ClN9O17. The van der Waals surface area contributed by atoms with Crippen molar-refractivity contribution in [1.29, 1.82) is 0 Å². The number of carbonyl (C=O) groups is 14. The number of fused-ring (bicyclic) bond motifs is 7. The van der Waals surface area contributed by atoms with E-state index in [-0.39, 0.29) is 94.0 Å². The van der Waals surface area contributed by atoms with Gasteiger partial charge in [-0.1, -0.05) is 200 Å². The lowest BCUT2D eigenvalue weighted by Crippen LogP contribution is -2.60. The van der Waals surface area contributed by atoms with Crippen LogP contribution in [0.15, 0.2) is 72.8 Å². The van der Waals surface area contributed by atoms with Gasteiger partial charge in [0.2, 0.25) is 46.8 Å². The second-order valence-electron chi connectivity index (χ2n) is 33.1. The number of piperidine rings is 2. The Morgan fingerprint density at radius 2 is 0.941 bits per heavy atom. The van der Waals surface area contributed by atoms with Crippen molar-refractivity contribution >= 4 is 95.0 Å². The van der Waals surface area contributed by atoms with Crippen LogP contribution in [0, 0.1) is 92.7 Å². The number of ether oxygens (including phenoxy) is 2. The van der Waals surface area contributed by atoms with Gasteiger partial charge in [-0.05, 0) is 100 Å². The fraction of sp³-hybridized carbons (Fsp3) is 0.627. The van der Waals surface area contributed by atoms with Crippen LogP contribution in [0.3, 0.4) is 0 Å². The molecule has 0 aromatic heterocycles. The van der Waals surface area contributed by atoms with E-state index in [1.54, 1.807) is 114 Å². The zero-order valence-electron chi connectivity index (χ0n) is 60.8. The third kappa shape index (κ3) is 17.0. The number of benzene rings is 2. The van der Waals surface area contributed by atoms with Gasteiger partial charge in [0, 0.05) is 24.2 Å². The molecule has 6 unspecified atom stereocenters. The Morgan fingerprint density at radius 3 is 1.29 bits per heavy atom. The highest BCUT2D eigenvalue weighted by Gasteiger charge is 2.71. The normalized spacial score (nSPS) is 26.6. The number of nitrogens with one attached hydrogen (secondary N) is 3. The third-order valence-corrected chi connectivity index (χ3v) is 22.3. The van der Waals surface area contributed by atoms with Crippen LogP contribution in [0.5, 0.6) is 0 Å². The van der Waals surface area contributed by atoms with Crippen molar-refractivity contribution in [3.05, 3.63) is 83.9 Å². The van der Waals surface area contributed by atoms with E-state index in [1.165, 1.54) is 4.90 Å². The summed E-state index contributed by atoms with van der Waals surface area (Å²) >= 11 is 0. The highest BCUT2D eigenvalue weighted by molar-refractivity contribution is 6.38. The van der Waals surface area contributed by atoms with Gasteiger partial charge in [-0.25, -0.2) is 9.59 Å². The Labute approximate surface area is 601 Å². The van der Waals surface area contributed by atoms with E-state index < -0.39 is 136 Å². The van der Waals surface area contributed by atoms with Gasteiger partial charge in [0.1, 0.15) is 18.1 Å². The predicted molar refractivity (Wildman–Crippen MR) is 373 cm³/mol. The van der Waals surface area contributed by atoms with Crippen LogP contribution in [0.25, 0.3) is 0 Å². The summed E-state index contributed by atoms with van der Waals surface area (Å²) < 4.78 is 10.8. The van der Waals surface area contributed by atoms with E-state index in [0.717, 1.165) is 32.1 Å². The number of rotatable bonds is 24. The molecule has 27 heteroatoms. The minimum Gasteiger partial charge on any atom is -0.438 e. The first-order chi connectivity index (χ1) is 47.1. The molecule has 102 heavy (non-hydrogen) atoms. The highest BCUT2D eigenvalue weighted by atomic mass is 35.5. The number of Topliss-reactive ketones (excluding diaryl/α,β-unsaturated/α-hetero) is 4. The van der Waals surface area contributed by atoms with Crippen molar-refractivity contribution in [1.82, 2.24) is 30.8 Å². The molecule has 2 bridgehead atoms. The first-order valence-corrected chi connectivity index (χ1v) is 35.3. The second kappa shape index (κ2) is 30.5. The number of likely N-dealkylation sites (tertiary alicyclic amines) is 2. The van der Waals surface area contributed by atoms with Gasteiger partial charge in [-0.15, -0.1) is 12.4 Å². The van der Waals surface area contributed by atoms with Crippen molar-refractivity contribution in [2.45, 2.75) is 190 Å². The SMILES string of the molecule is CC(C)(C)[C@H](N)C(=O)N1C[C@H]2[C@@H]([C@H]1C(=O)NC(CC1CC1)C(=O)C(N)=O)C2(C)C.CC(C)[C@H](OC(=O)N[C@H](C(=O)N1C[C@H]2[C@@H]([C@H]1C(=O)NC(CC1CC1)C(=O)C(N)=O)C2(C)C)C(C)(C)C)C(=O)c1ccccc1.CC(C)[C@H](OC(=O)ON1C(=O)C2C3C=CC(C3)C2C1=O)C(=O)c1ccccc1.Cl. The smallest absolute Gasteiger partial charge is 0.438 e. The quantitative estimate of drug-likeness (QED) is 0.0223. The summed E-state index contributed by atoms with van der Waals surface area (Å²) in [6, 6.07) is 11.6. The molecule has 26 nitrogen and oxygen atoms in total. The number of amides is 9. The average Bonchev–Trinajstić information content (AvgIpc) is 1.53. The fourth-order valence-electron chi connectivity index (χ4n) is 15.6. The molecule has 3 aliphatic heterocycles. The van der Waals surface area contributed by atoms with Gasteiger partial charge in [-0.3, -0.25) is 62.4 Å². The molecule has 11 rings (SSSR count). The van der Waals surface area contributed by atoms with E-state index in [0.29, 0.717) is 48.0 Å². The van der Waals surface area contributed by atoms with Crippen LogP contribution in [0.4, 0.5) is 9.59 Å². The number of carbonyl (C=O) groups excluding carboxylic acids is 14. The number of nitrogens with zero attached hydrogens (tertiary/aromatic N) is 3. The Bertz CT molecular complexity index is 3620. The van der Waals surface area contributed by atoms with E-state index in [2.05, 4.69) is 29.8 Å². The van der Waals surface area contributed by atoms with E-state index >= 15 is 0 Å². The summed E-state index contributed by atoms with van der Waals surface area (Å²) in [5.74, 6) is -8.01. The molecule has 556 valence electrons. The third-order valence-electron chi connectivity index (χ3n) is 22.3. The van der Waals surface area contributed by atoms with Crippen LogP contribution in [0.1, 0.15) is 163 Å². The Balaban J connectivity index is 0.000000200. The number of imide groups is 1. The van der Waals surface area contributed by atoms with Gasteiger partial charge in [0.25, 0.3) is 23.6 Å². The number of allylic oxidation sites excluding steroid dienone is 2. The number of alkyl carbamates (subject to hydrolysis) is 1.